The first-order chi connectivity index (χ1) is 16.3. The van der Waals surface area contributed by atoms with E-state index < -0.39 is 23.1 Å². The lowest BCUT2D eigenvalue weighted by molar-refractivity contribution is -0.154. The second-order valence-corrected chi connectivity index (χ2v) is 7.50. The molecule has 5 nitrogen and oxygen atoms in total. The van der Waals surface area contributed by atoms with Gasteiger partial charge in [-0.05, 0) is 43.7 Å². The van der Waals surface area contributed by atoms with Gasteiger partial charge in [-0.15, -0.1) is 0 Å². The minimum absolute atomic E-state index is 0.0282. The lowest BCUT2D eigenvalue weighted by Crippen LogP contribution is -2.15. The summed E-state index contributed by atoms with van der Waals surface area (Å²) in [7, 11) is 0. The lowest BCUT2D eigenvalue weighted by atomic mass is 10.1. The molecule has 0 aliphatic heterocycles. The summed E-state index contributed by atoms with van der Waals surface area (Å²) in [6.07, 6.45) is -4.97. The van der Waals surface area contributed by atoms with Gasteiger partial charge >= 0.3 is 6.18 Å². The first-order valence-electron chi connectivity index (χ1n) is 10.5. The Morgan fingerprint density at radius 1 is 0.912 bits per heavy atom. The van der Waals surface area contributed by atoms with Crippen molar-refractivity contribution >= 4 is 11.0 Å². The fourth-order valence-electron chi connectivity index (χ4n) is 3.30. The Hall–Kier alpha value is -3.94. The van der Waals surface area contributed by atoms with Gasteiger partial charge in [0.1, 0.15) is 17.9 Å². The molecule has 0 atom stereocenters. The lowest BCUT2D eigenvalue weighted by Gasteiger charge is -2.15. The molecule has 0 saturated carbocycles. The summed E-state index contributed by atoms with van der Waals surface area (Å²) in [5.41, 5.74) is 0.770. The maximum absolute atomic E-state index is 13.8. The van der Waals surface area contributed by atoms with Crippen LogP contribution in [0.2, 0.25) is 0 Å². The van der Waals surface area contributed by atoms with E-state index in [1.54, 1.807) is 19.1 Å². The minimum Gasteiger partial charge on any atom is -0.490 e. The van der Waals surface area contributed by atoms with Crippen LogP contribution in [0.1, 0.15) is 23.8 Å². The van der Waals surface area contributed by atoms with E-state index in [2.05, 4.69) is 0 Å². The van der Waals surface area contributed by atoms with E-state index in [4.69, 9.17) is 18.6 Å². The largest absolute Gasteiger partial charge is 0.490 e. The monoisotopic (exact) mass is 470 g/mol. The molecule has 0 amide bonds. The minimum atomic E-state index is -4.97. The quantitative estimate of drug-likeness (QED) is 0.294. The highest BCUT2D eigenvalue weighted by Crippen LogP contribution is 2.40. The molecule has 176 valence electrons. The Labute approximate surface area is 193 Å². The van der Waals surface area contributed by atoms with Gasteiger partial charge in [-0.2, -0.15) is 13.2 Å². The Morgan fingerprint density at radius 2 is 1.62 bits per heavy atom. The second kappa shape index (κ2) is 9.51. The molecule has 0 radical (unpaired) electrons. The van der Waals surface area contributed by atoms with Crippen LogP contribution in [-0.4, -0.2) is 6.61 Å². The van der Waals surface area contributed by atoms with Crippen LogP contribution in [0.3, 0.4) is 0 Å². The van der Waals surface area contributed by atoms with E-state index >= 15 is 0 Å². The second-order valence-electron chi connectivity index (χ2n) is 7.50. The Bertz CT molecular complexity index is 1360. The summed E-state index contributed by atoms with van der Waals surface area (Å²) in [5.74, 6) is -2.05. The normalized spacial score (nSPS) is 11.4. The van der Waals surface area contributed by atoms with Gasteiger partial charge in [-0.3, -0.25) is 4.79 Å². The Kier molecular flexibility index (Phi) is 6.49. The average Bonchev–Trinajstić information content (AvgIpc) is 2.81. The summed E-state index contributed by atoms with van der Waals surface area (Å²) < 4.78 is 63.1. The fourth-order valence-corrected chi connectivity index (χ4v) is 3.30. The van der Waals surface area contributed by atoms with Crippen molar-refractivity contribution in [2.75, 3.05) is 6.61 Å². The van der Waals surface area contributed by atoms with Gasteiger partial charge in [0.05, 0.1) is 12.0 Å². The number of halogens is 3. The highest BCUT2D eigenvalue weighted by Gasteiger charge is 2.40. The Morgan fingerprint density at radius 3 is 2.29 bits per heavy atom. The Balaban J connectivity index is 1.72. The van der Waals surface area contributed by atoms with Crippen molar-refractivity contribution in [3.63, 3.8) is 0 Å². The number of ether oxygens (including phenoxy) is 3. The van der Waals surface area contributed by atoms with Crippen LogP contribution < -0.4 is 19.6 Å². The zero-order valence-electron chi connectivity index (χ0n) is 18.4. The maximum atomic E-state index is 13.8. The number of hydrogen-bond donors (Lipinski definition) is 0. The third-order valence-electron chi connectivity index (χ3n) is 4.97. The average molecular weight is 470 g/mol. The van der Waals surface area contributed by atoms with E-state index in [1.165, 1.54) is 30.3 Å². The molecular formula is C26H21F3O5. The van der Waals surface area contributed by atoms with Gasteiger partial charge in [0, 0.05) is 6.07 Å². The third kappa shape index (κ3) is 5.01. The van der Waals surface area contributed by atoms with Crippen LogP contribution in [0.5, 0.6) is 23.0 Å². The van der Waals surface area contributed by atoms with Crippen molar-refractivity contribution in [2.45, 2.75) is 26.6 Å². The SMILES string of the molecule is CCOc1ccccc1Oc1c(C(F)(F)F)oc2cc(OCc3ccc(C)cc3)ccc2c1=O. The molecule has 0 N–H and O–H groups in total. The van der Waals surface area contributed by atoms with Gasteiger partial charge in [0.25, 0.3) is 5.76 Å². The topological polar surface area (TPSA) is 57.9 Å². The molecule has 0 fully saturated rings. The van der Waals surface area contributed by atoms with Crippen molar-refractivity contribution in [1.29, 1.82) is 0 Å². The molecule has 0 spiro atoms. The molecule has 0 aliphatic carbocycles. The number of rotatable bonds is 7. The van der Waals surface area contributed by atoms with E-state index in [-0.39, 0.29) is 41.4 Å². The van der Waals surface area contributed by atoms with Gasteiger partial charge in [-0.1, -0.05) is 42.0 Å². The number of hydrogen-bond acceptors (Lipinski definition) is 5. The van der Waals surface area contributed by atoms with Crippen molar-refractivity contribution in [1.82, 2.24) is 0 Å². The highest BCUT2D eigenvalue weighted by molar-refractivity contribution is 5.80. The molecule has 0 aliphatic rings. The van der Waals surface area contributed by atoms with E-state index in [1.807, 2.05) is 31.2 Å². The molecule has 34 heavy (non-hydrogen) atoms. The molecule has 8 heteroatoms. The van der Waals surface area contributed by atoms with Crippen molar-refractivity contribution in [3.8, 4) is 23.0 Å². The molecule has 0 bridgehead atoms. The standard InChI is InChI=1S/C26H21F3O5/c1-3-31-20-6-4-5-7-21(20)33-24-23(30)19-13-12-18(14-22(19)34-25(24)26(27,28)29)32-15-17-10-8-16(2)9-11-17/h4-14H,3,15H2,1-2H3. The molecule has 0 unspecified atom stereocenters. The van der Waals surface area contributed by atoms with Crippen LogP contribution in [0, 0.1) is 6.92 Å². The fraction of sp³-hybridized carbons (Fsp3) is 0.192. The van der Waals surface area contributed by atoms with Crippen molar-refractivity contribution < 1.29 is 31.8 Å². The molecule has 1 heterocycles. The summed E-state index contributed by atoms with van der Waals surface area (Å²) in [6.45, 7) is 4.16. The van der Waals surface area contributed by atoms with E-state index in [0.717, 1.165) is 11.1 Å². The molecule has 4 rings (SSSR count). The molecular weight excluding hydrogens is 449 g/mol. The van der Waals surface area contributed by atoms with E-state index in [9.17, 15) is 18.0 Å². The molecule has 4 aromatic rings. The molecule has 0 saturated heterocycles. The van der Waals surface area contributed by atoms with Gasteiger partial charge in [-0.25, -0.2) is 0 Å². The smallest absolute Gasteiger partial charge is 0.453 e. The van der Waals surface area contributed by atoms with Gasteiger partial charge < -0.3 is 18.6 Å². The highest BCUT2D eigenvalue weighted by atomic mass is 19.4. The van der Waals surface area contributed by atoms with Crippen molar-refractivity contribution in [3.05, 3.63) is 93.8 Å². The zero-order valence-corrected chi connectivity index (χ0v) is 18.4. The molecule has 1 aromatic heterocycles. The summed E-state index contributed by atoms with van der Waals surface area (Å²) in [5, 5.41) is -0.0698. The van der Waals surface area contributed by atoms with Crippen molar-refractivity contribution in [2.24, 2.45) is 0 Å². The predicted molar refractivity (Wildman–Crippen MR) is 121 cm³/mol. The number of benzene rings is 3. The van der Waals surface area contributed by atoms with Gasteiger partial charge in [0.2, 0.25) is 11.2 Å². The summed E-state index contributed by atoms with van der Waals surface area (Å²) in [4.78, 5) is 13.0. The van der Waals surface area contributed by atoms with Crippen LogP contribution in [0.25, 0.3) is 11.0 Å². The maximum Gasteiger partial charge on any atom is 0.453 e. The van der Waals surface area contributed by atoms with Crippen LogP contribution in [-0.2, 0) is 12.8 Å². The summed E-state index contributed by atoms with van der Waals surface area (Å²) in [6, 6.07) is 17.9. The zero-order chi connectivity index (χ0) is 24.3. The number of para-hydroxylation sites is 2. The number of aryl methyl sites for hydroxylation is 1. The first kappa shape index (κ1) is 23.2. The third-order valence-corrected chi connectivity index (χ3v) is 4.97. The predicted octanol–water partition coefficient (Wildman–Crippen LogP) is 6.89. The number of alkyl halides is 3. The van der Waals surface area contributed by atoms with Gasteiger partial charge in [0.15, 0.2) is 11.5 Å². The van der Waals surface area contributed by atoms with Crippen LogP contribution in [0.15, 0.2) is 75.9 Å². The molecule has 3 aromatic carbocycles. The van der Waals surface area contributed by atoms with Crippen LogP contribution in [0.4, 0.5) is 13.2 Å². The number of fused-ring (bicyclic) bond motifs is 1. The van der Waals surface area contributed by atoms with Crippen LogP contribution >= 0.6 is 0 Å². The van der Waals surface area contributed by atoms with E-state index in [0.29, 0.717) is 0 Å². The first-order valence-corrected chi connectivity index (χ1v) is 10.5. The summed E-state index contributed by atoms with van der Waals surface area (Å²) >= 11 is 0.